The average Bonchev–Trinajstić information content (AvgIpc) is 2.15. The van der Waals surface area contributed by atoms with Gasteiger partial charge in [0.05, 0.1) is 5.88 Å². The average molecular weight is 194 g/mol. The van der Waals surface area contributed by atoms with Crippen molar-refractivity contribution in [2.45, 2.75) is 6.92 Å². The summed E-state index contributed by atoms with van der Waals surface area (Å²) in [4.78, 5) is 14.8. The van der Waals surface area contributed by atoms with E-state index < -0.39 is 0 Å². The molecule has 0 N–H and O–H groups in total. The topological polar surface area (TPSA) is 30.0 Å². The van der Waals surface area contributed by atoms with E-state index in [0.29, 0.717) is 11.6 Å². The molecule has 0 aliphatic heterocycles. The second-order valence-corrected chi connectivity index (χ2v) is 2.69. The lowest BCUT2D eigenvalue weighted by Gasteiger charge is -1.93. The number of halogens is 1. The maximum atomic E-state index is 10.9. The van der Waals surface area contributed by atoms with Crippen LogP contribution in [0.1, 0.15) is 23.0 Å². The van der Waals surface area contributed by atoms with Gasteiger partial charge in [-0.2, -0.15) is 0 Å². The highest BCUT2D eigenvalue weighted by atomic mass is 35.5. The summed E-state index contributed by atoms with van der Waals surface area (Å²) in [5.74, 6) is 5.76. The second kappa shape index (κ2) is 4.64. The Kier molecular flexibility index (Phi) is 3.48. The molecule has 0 saturated carbocycles. The minimum atomic E-state index is -0.0446. The lowest BCUT2D eigenvalue weighted by molar-refractivity contribution is 0.101. The van der Waals surface area contributed by atoms with E-state index in [4.69, 9.17) is 11.6 Å². The number of carbonyl (C=O) groups is 1. The fourth-order valence-corrected chi connectivity index (χ4v) is 0.878. The molecule has 0 amide bonds. The lowest BCUT2D eigenvalue weighted by atomic mass is 10.2. The number of aromatic nitrogens is 1. The summed E-state index contributed by atoms with van der Waals surface area (Å²) in [6.45, 7) is 1.48. The molecule has 0 aliphatic carbocycles. The Bertz CT molecular complexity index is 359. The number of alkyl halides is 1. The predicted octanol–water partition coefficient (Wildman–Crippen LogP) is 1.87. The van der Waals surface area contributed by atoms with Crippen LogP contribution in [0.25, 0.3) is 0 Å². The first-order chi connectivity index (χ1) is 6.24. The highest BCUT2D eigenvalue weighted by molar-refractivity contribution is 6.19. The standard InChI is InChI=1S/C10H8ClNO/c1-8(13)10-5-4-9(7-12-10)3-2-6-11/h4-5,7H,6H2,1H3. The molecule has 1 heterocycles. The van der Waals surface area contributed by atoms with E-state index in [2.05, 4.69) is 16.8 Å². The van der Waals surface area contributed by atoms with Crippen LogP contribution in [0.4, 0.5) is 0 Å². The molecule has 0 aliphatic rings. The Morgan fingerprint density at radius 2 is 2.38 bits per heavy atom. The van der Waals surface area contributed by atoms with Crippen LogP contribution in [0.3, 0.4) is 0 Å². The molecule has 13 heavy (non-hydrogen) atoms. The molecule has 66 valence electrons. The molecule has 0 aromatic carbocycles. The van der Waals surface area contributed by atoms with Crippen LogP contribution in [0, 0.1) is 11.8 Å². The first kappa shape index (κ1) is 9.76. The Hall–Kier alpha value is -1.33. The van der Waals surface area contributed by atoms with Gasteiger partial charge in [-0.1, -0.05) is 11.8 Å². The van der Waals surface area contributed by atoms with Crippen molar-refractivity contribution in [3.8, 4) is 11.8 Å². The smallest absolute Gasteiger partial charge is 0.178 e. The van der Waals surface area contributed by atoms with Crippen molar-refractivity contribution in [1.82, 2.24) is 4.98 Å². The van der Waals surface area contributed by atoms with Crippen LogP contribution < -0.4 is 0 Å². The molecule has 0 saturated heterocycles. The molecular formula is C10H8ClNO. The number of hydrogen-bond acceptors (Lipinski definition) is 2. The van der Waals surface area contributed by atoms with Crippen molar-refractivity contribution in [3.63, 3.8) is 0 Å². The minimum absolute atomic E-state index is 0.0446. The van der Waals surface area contributed by atoms with Crippen LogP contribution in [0.2, 0.25) is 0 Å². The third-order valence-corrected chi connectivity index (χ3v) is 1.56. The Morgan fingerprint density at radius 1 is 1.62 bits per heavy atom. The first-order valence-corrected chi connectivity index (χ1v) is 4.29. The van der Waals surface area contributed by atoms with E-state index in [1.807, 2.05) is 0 Å². The van der Waals surface area contributed by atoms with E-state index >= 15 is 0 Å². The molecule has 1 aromatic heterocycles. The Morgan fingerprint density at radius 3 is 2.85 bits per heavy atom. The highest BCUT2D eigenvalue weighted by Crippen LogP contribution is 1.99. The summed E-state index contributed by atoms with van der Waals surface area (Å²) >= 11 is 5.39. The van der Waals surface area contributed by atoms with Crippen LogP contribution in [0.5, 0.6) is 0 Å². The molecule has 0 radical (unpaired) electrons. The van der Waals surface area contributed by atoms with Gasteiger partial charge in [0.25, 0.3) is 0 Å². The van der Waals surface area contributed by atoms with Gasteiger partial charge >= 0.3 is 0 Å². The monoisotopic (exact) mass is 193 g/mol. The van der Waals surface area contributed by atoms with E-state index in [0.717, 1.165) is 5.56 Å². The molecule has 0 fully saturated rings. The minimum Gasteiger partial charge on any atom is -0.293 e. The fraction of sp³-hybridized carbons (Fsp3) is 0.200. The van der Waals surface area contributed by atoms with Gasteiger partial charge in [-0.25, -0.2) is 0 Å². The summed E-state index contributed by atoms with van der Waals surface area (Å²) in [6.07, 6.45) is 1.57. The maximum Gasteiger partial charge on any atom is 0.178 e. The predicted molar refractivity (Wildman–Crippen MR) is 51.8 cm³/mol. The van der Waals surface area contributed by atoms with Crippen LogP contribution in [0.15, 0.2) is 18.3 Å². The third kappa shape index (κ3) is 2.89. The SMILES string of the molecule is CC(=O)c1ccc(C#CCCl)cn1. The van der Waals surface area contributed by atoms with Crippen molar-refractivity contribution < 1.29 is 4.79 Å². The summed E-state index contributed by atoms with van der Waals surface area (Å²) in [5, 5.41) is 0. The van der Waals surface area contributed by atoms with Gasteiger partial charge in [-0.05, 0) is 12.1 Å². The summed E-state index contributed by atoms with van der Waals surface area (Å²) in [6, 6.07) is 3.41. The first-order valence-electron chi connectivity index (χ1n) is 3.76. The molecule has 0 spiro atoms. The normalized spacial score (nSPS) is 8.77. The fourth-order valence-electron chi connectivity index (χ4n) is 0.812. The van der Waals surface area contributed by atoms with Gasteiger partial charge in [0.2, 0.25) is 0 Å². The molecule has 0 atom stereocenters. The third-order valence-electron chi connectivity index (χ3n) is 1.42. The summed E-state index contributed by atoms with van der Waals surface area (Å²) in [7, 11) is 0. The second-order valence-electron chi connectivity index (χ2n) is 2.42. The van der Waals surface area contributed by atoms with Gasteiger partial charge < -0.3 is 0 Å². The van der Waals surface area contributed by atoms with Crippen LogP contribution in [-0.2, 0) is 0 Å². The number of Topliss-reactive ketones (excluding diaryl/α,β-unsaturated/α-hetero) is 1. The van der Waals surface area contributed by atoms with Gasteiger partial charge in [-0.3, -0.25) is 9.78 Å². The summed E-state index contributed by atoms with van der Waals surface area (Å²) < 4.78 is 0. The molecule has 1 rings (SSSR count). The lowest BCUT2D eigenvalue weighted by Crippen LogP contribution is -1.95. The van der Waals surface area contributed by atoms with Crippen molar-refractivity contribution >= 4 is 17.4 Å². The van der Waals surface area contributed by atoms with Crippen molar-refractivity contribution in [2.24, 2.45) is 0 Å². The van der Waals surface area contributed by atoms with Crippen molar-refractivity contribution in [1.29, 1.82) is 0 Å². The van der Waals surface area contributed by atoms with Gasteiger partial charge in [0.15, 0.2) is 5.78 Å². The maximum absolute atomic E-state index is 10.9. The van der Waals surface area contributed by atoms with Crippen LogP contribution in [-0.4, -0.2) is 16.6 Å². The Labute approximate surface area is 81.9 Å². The van der Waals surface area contributed by atoms with Crippen LogP contribution >= 0.6 is 11.6 Å². The molecular weight excluding hydrogens is 186 g/mol. The molecule has 3 heteroatoms. The number of pyridine rings is 1. The van der Waals surface area contributed by atoms with Gasteiger partial charge in [0.1, 0.15) is 5.69 Å². The highest BCUT2D eigenvalue weighted by Gasteiger charge is 1.98. The van der Waals surface area contributed by atoms with E-state index in [9.17, 15) is 4.79 Å². The van der Waals surface area contributed by atoms with Gasteiger partial charge in [0, 0.05) is 18.7 Å². The quantitative estimate of drug-likeness (QED) is 0.387. The number of carbonyl (C=O) groups excluding carboxylic acids is 1. The van der Waals surface area contributed by atoms with Crippen molar-refractivity contribution in [3.05, 3.63) is 29.6 Å². The molecule has 0 bridgehead atoms. The number of hydrogen-bond donors (Lipinski definition) is 0. The molecule has 2 nitrogen and oxygen atoms in total. The van der Waals surface area contributed by atoms with E-state index in [-0.39, 0.29) is 5.78 Å². The summed E-state index contributed by atoms with van der Waals surface area (Å²) in [5.41, 5.74) is 1.22. The molecule has 0 unspecified atom stereocenters. The zero-order chi connectivity index (χ0) is 9.68. The number of ketones is 1. The zero-order valence-electron chi connectivity index (χ0n) is 7.17. The largest absolute Gasteiger partial charge is 0.293 e. The van der Waals surface area contributed by atoms with Gasteiger partial charge in [-0.15, -0.1) is 11.6 Å². The number of nitrogens with zero attached hydrogens (tertiary/aromatic N) is 1. The van der Waals surface area contributed by atoms with E-state index in [1.165, 1.54) is 6.92 Å². The van der Waals surface area contributed by atoms with Crippen molar-refractivity contribution in [2.75, 3.05) is 5.88 Å². The number of rotatable bonds is 1. The van der Waals surface area contributed by atoms with E-state index in [1.54, 1.807) is 18.3 Å². The zero-order valence-corrected chi connectivity index (χ0v) is 7.93. The molecule has 1 aromatic rings. The Balaban J connectivity index is 2.87.